The smallest absolute Gasteiger partial charge is 0.159 e. The molecule has 6 aromatic carbocycles. The Labute approximate surface area is 259 Å². The SMILES string of the molecule is c1ccc(-c2ccc3ccc(C4=NC(c5ccccc5)NC(c5cccc6oc7cc8cnccc8cc7c56)=N4)cc3c2)cc1. The van der Waals surface area contributed by atoms with Gasteiger partial charge >= 0.3 is 0 Å². The molecule has 1 atom stereocenters. The molecule has 0 spiro atoms. The predicted octanol–water partition coefficient (Wildman–Crippen LogP) is 9.45. The zero-order chi connectivity index (χ0) is 29.7. The number of benzene rings is 6. The molecule has 5 nitrogen and oxygen atoms in total. The first-order valence-electron chi connectivity index (χ1n) is 15.0. The summed E-state index contributed by atoms with van der Waals surface area (Å²) in [5.74, 6) is 1.45. The second kappa shape index (κ2) is 10.3. The van der Waals surface area contributed by atoms with Gasteiger partial charge < -0.3 is 9.73 Å². The van der Waals surface area contributed by atoms with Crippen LogP contribution in [-0.2, 0) is 0 Å². The summed E-state index contributed by atoms with van der Waals surface area (Å²) >= 11 is 0. The van der Waals surface area contributed by atoms with Crippen molar-refractivity contribution in [2.24, 2.45) is 9.98 Å². The first-order chi connectivity index (χ1) is 22.3. The minimum atomic E-state index is -0.305. The number of hydrogen-bond donors (Lipinski definition) is 1. The highest BCUT2D eigenvalue weighted by atomic mass is 16.3. The average molecular weight is 579 g/mol. The van der Waals surface area contributed by atoms with Gasteiger partial charge in [-0.05, 0) is 69.2 Å². The molecule has 8 aromatic rings. The molecule has 0 radical (unpaired) electrons. The number of pyridine rings is 1. The fourth-order valence-corrected chi connectivity index (χ4v) is 6.32. The van der Waals surface area contributed by atoms with E-state index < -0.39 is 0 Å². The number of furan rings is 1. The summed E-state index contributed by atoms with van der Waals surface area (Å²) in [6.45, 7) is 0. The van der Waals surface area contributed by atoms with Crippen molar-refractivity contribution in [2.75, 3.05) is 0 Å². The second-order valence-corrected chi connectivity index (χ2v) is 11.4. The van der Waals surface area contributed by atoms with E-state index in [0.717, 1.165) is 60.6 Å². The minimum Gasteiger partial charge on any atom is -0.456 e. The van der Waals surface area contributed by atoms with Crippen LogP contribution in [0, 0.1) is 0 Å². The summed E-state index contributed by atoms with van der Waals surface area (Å²) in [4.78, 5) is 14.6. The Morgan fingerprint density at radius 2 is 1.38 bits per heavy atom. The van der Waals surface area contributed by atoms with E-state index in [1.165, 1.54) is 16.5 Å². The lowest BCUT2D eigenvalue weighted by Gasteiger charge is -2.24. The largest absolute Gasteiger partial charge is 0.456 e. The van der Waals surface area contributed by atoms with E-state index in [0.29, 0.717) is 5.84 Å². The second-order valence-electron chi connectivity index (χ2n) is 11.4. The van der Waals surface area contributed by atoms with Gasteiger partial charge in [-0.1, -0.05) is 97.1 Å². The monoisotopic (exact) mass is 578 g/mol. The first-order valence-corrected chi connectivity index (χ1v) is 15.0. The van der Waals surface area contributed by atoms with Gasteiger partial charge in [0, 0.05) is 39.7 Å². The summed E-state index contributed by atoms with van der Waals surface area (Å²) in [6, 6.07) is 46.3. The number of aliphatic imine (C=N–C) groups is 2. The maximum absolute atomic E-state index is 6.37. The lowest BCUT2D eigenvalue weighted by Crippen LogP contribution is -2.33. The fourth-order valence-electron chi connectivity index (χ4n) is 6.32. The summed E-state index contributed by atoms with van der Waals surface area (Å²) in [5, 5.41) is 10.2. The molecule has 0 saturated carbocycles. The number of nitrogens with one attached hydrogen (secondary N) is 1. The molecule has 1 unspecified atom stereocenters. The number of fused-ring (bicyclic) bond motifs is 5. The zero-order valence-corrected chi connectivity index (χ0v) is 24.2. The summed E-state index contributed by atoms with van der Waals surface area (Å²) in [6.07, 6.45) is 3.39. The van der Waals surface area contributed by atoms with Crippen molar-refractivity contribution in [3.8, 4) is 11.1 Å². The molecule has 212 valence electrons. The number of rotatable bonds is 4. The van der Waals surface area contributed by atoms with Gasteiger partial charge in [-0.2, -0.15) is 0 Å². The van der Waals surface area contributed by atoms with E-state index in [9.17, 15) is 0 Å². The van der Waals surface area contributed by atoms with Crippen molar-refractivity contribution >= 4 is 55.2 Å². The molecule has 0 amide bonds. The van der Waals surface area contributed by atoms with Crippen LogP contribution in [-0.4, -0.2) is 16.7 Å². The van der Waals surface area contributed by atoms with Gasteiger partial charge in [0.1, 0.15) is 23.2 Å². The van der Waals surface area contributed by atoms with Crippen molar-refractivity contribution in [1.29, 1.82) is 0 Å². The summed E-state index contributed by atoms with van der Waals surface area (Å²) < 4.78 is 6.37. The van der Waals surface area contributed by atoms with Crippen LogP contribution in [0.3, 0.4) is 0 Å². The van der Waals surface area contributed by atoms with Gasteiger partial charge in [0.2, 0.25) is 0 Å². The van der Waals surface area contributed by atoms with E-state index in [2.05, 4.69) is 101 Å². The number of nitrogens with zero attached hydrogens (tertiary/aromatic N) is 3. The molecule has 2 aromatic heterocycles. The van der Waals surface area contributed by atoms with Gasteiger partial charge in [-0.25, -0.2) is 9.98 Å². The Kier molecular flexibility index (Phi) is 5.81. The maximum Gasteiger partial charge on any atom is 0.159 e. The lowest BCUT2D eigenvalue weighted by molar-refractivity contribution is 0.668. The molecule has 3 heterocycles. The van der Waals surface area contributed by atoms with Crippen LogP contribution >= 0.6 is 0 Å². The molecule has 0 saturated heterocycles. The molecule has 1 N–H and O–H groups in total. The zero-order valence-electron chi connectivity index (χ0n) is 24.2. The van der Waals surface area contributed by atoms with Crippen LogP contribution in [0.5, 0.6) is 0 Å². The van der Waals surface area contributed by atoms with Crippen LogP contribution in [0.2, 0.25) is 0 Å². The van der Waals surface area contributed by atoms with Crippen molar-refractivity contribution in [3.63, 3.8) is 0 Å². The third-order valence-electron chi connectivity index (χ3n) is 8.57. The highest BCUT2D eigenvalue weighted by Gasteiger charge is 2.24. The van der Waals surface area contributed by atoms with Crippen LogP contribution < -0.4 is 5.32 Å². The Hall–Kier alpha value is -6.07. The Morgan fingerprint density at radius 3 is 2.24 bits per heavy atom. The predicted molar refractivity (Wildman–Crippen MR) is 184 cm³/mol. The molecule has 0 fully saturated rings. The van der Waals surface area contributed by atoms with Crippen molar-refractivity contribution in [3.05, 3.63) is 163 Å². The minimum absolute atomic E-state index is 0.305. The van der Waals surface area contributed by atoms with Crippen molar-refractivity contribution in [2.45, 2.75) is 6.17 Å². The standard InChI is InChI=1S/C40H26N4O/c1-3-8-25(9-4-1)28-16-14-26-15-17-30(21-31(26)20-28)39-42-38(27-10-5-2-6-11-27)43-40(44-39)33-12-7-13-35-37(33)34-22-29-18-19-41-24-32(29)23-36(34)45-35/h1-24,38H,(H,42,43,44). The molecule has 1 aliphatic heterocycles. The number of aromatic nitrogens is 1. The molecular weight excluding hydrogens is 552 g/mol. The van der Waals surface area contributed by atoms with Gasteiger partial charge in [0.15, 0.2) is 5.84 Å². The molecule has 0 aliphatic carbocycles. The molecule has 1 aliphatic rings. The molecular formula is C40H26N4O. The van der Waals surface area contributed by atoms with Crippen molar-refractivity contribution in [1.82, 2.24) is 10.3 Å². The Morgan fingerprint density at radius 1 is 0.578 bits per heavy atom. The van der Waals surface area contributed by atoms with Crippen LogP contribution in [0.1, 0.15) is 22.9 Å². The van der Waals surface area contributed by atoms with E-state index >= 15 is 0 Å². The maximum atomic E-state index is 6.37. The third-order valence-corrected chi connectivity index (χ3v) is 8.57. The Bertz CT molecular complexity index is 2460. The molecule has 0 bridgehead atoms. The molecule has 45 heavy (non-hydrogen) atoms. The lowest BCUT2D eigenvalue weighted by atomic mass is 9.99. The first kappa shape index (κ1) is 25.4. The normalized spacial score (nSPS) is 14.9. The van der Waals surface area contributed by atoms with Crippen molar-refractivity contribution < 1.29 is 4.42 Å². The van der Waals surface area contributed by atoms with E-state index in [1.807, 2.05) is 54.9 Å². The summed E-state index contributed by atoms with van der Waals surface area (Å²) in [5.41, 5.74) is 7.02. The van der Waals surface area contributed by atoms with Gasteiger partial charge in [0.25, 0.3) is 0 Å². The van der Waals surface area contributed by atoms with E-state index in [1.54, 1.807) is 0 Å². The van der Waals surface area contributed by atoms with Crippen LogP contribution in [0.15, 0.2) is 160 Å². The Balaban J connectivity index is 1.22. The van der Waals surface area contributed by atoms with Crippen LogP contribution in [0.4, 0.5) is 0 Å². The average Bonchev–Trinajstić information content (AvgIpc) is 3.48. The topological polar surface area (TPSA) is 62.8 Å². The van der Waals surface area contributed by atoms with Gasteiger partial charge in [0.05, 0.1) is 0 Å². The highest BCUT2D eigenvalue weighted by Crippen LogP contribution is 2.35. The quantitative estimate of drug-likeness (QED) is 0.226. The van der Waals surface area contributed by atoms with E-state index in [-0.39, 0.29) is 6.17 Å². The highest BCUT2D eigenvalue weighted by molar-refractivity contribution is 6.23. The van der Waals surface area contributed by atoms with Gasteiger partial charge in [-0.3, -0.25) is 4.98 Å². The summed E-state index contributed by atoms with van der Waals surface area (Å²) in [7, 11) is 0. The van der Waals surface area contributed by atoms with E-state index in [4.69, 9.17) is 14.4 Å². The molecule has 5 heteroatoms. The number of hydrogen-bond acceptors (Lipinski definition) is 5. The molecule has 9 rings (SSSR count). The number of amidine groups is 2. The fraction of sp³-hybridized carbons (Fsp3) is 0.0250. The van der Waals surface area contributed by atoms with Gasteiger partial charge in [-0.15, -0.1) is 0 Å². The third kappa shape index (κ3) is 4.45. The van der Waals surface area contributed by atoms with Crippen LogP contribution in [0.25, 0.3) is 54.6 Å².